The third kappa shape index (κ3) is 6.02. The number of halogens is 1. The van der Waals surface area contributed by atoms with Crippen molar-refractivity contribution < 1.29 is 14.1 Å². The number of aryl methyl sites for hydroxylation is 1. The minimum atomic E-state index is -0.0180. The van der Waals surface area contributed by atoms with Crippen LogP contribution in [0.5, 0.6) is 0 Å². The summed E-state index contributed by atoms with van der Waals surface area (Å²) in [6.07, 6.45) is 1.20. The van der Waals surface area contributed by atoms with Crippen LogP contribution < -0.4 is 5.32 Å². The molecule has 0 bridgehead atoms. The fourth-order valence-corrected chi connectivity index (χ4v) is 3.33. The lowest BCUT2D eigenvalue weighted by Crippen LogP contribution is -2.47. The van der Waals surface area contributed by atoms with Gasteiger partial charge in [0.05, 0.1) is 12.2 Å². The standard InChI is InChI=1S/C19H25ClN4O3/c1-13-11-24(12-14(2)26-13)10-9-21-17(25)7-8-18-22-19(23-27-18)15-3-5-16(20)6-4-15/h3-6,13-14H,7-12H2,1-2H3,(H,21,25)/t13-,14-/m1/s1. The fraction of sp³-hybridized carbons (Fsp3) is 0.526. The second kappa shape index (κ2) is 9.30. The van der Waals surface area contributed by atoms with Gasteiger partial charge in [-0.05, 0) is 38.1 Å². The Hall–Kier alpha value is -1.96. The van der Waals surface area contributed by atoms with Crippen molar-refractivity contribution in [2.24, 2.45) is 0 Å². The monoisotopic (exact) mass is 392 g/mol. The van der Waals surface area contributed by atoms with Crippen LogP contribution in [-0.2, 0) is 16.0 Å². The molecular weight excluding hydrogens is 368 g/mol. The number of ether oxygens (including phenoxy) is 1. The van der Waals surface area contributed by atoms with Gasteiger partial charge in [0.15, 0.2) is 0 Å². The van der Waals surface area contributed by atoms with Crippen molar-refractivity contribution in [1.82, 2.24) is 20.4 Å². The van der Waals surface area contributed by atoms with Crippen LogP contribution in [0.1, 0.15) is 26.2 Å². The lowest BCUT2D eigenvalue weighted by atomic mass is 10.2. The lowest BCUT2D eigenvalue weighted by molar-refractivity contribution is -0.121. The number of hydrogen-bond acceptors (Lipinski definition) is 6. The van der Waals surface area contributed by atoms with E-state index >= 15 is 0 Å². The van der Waals surface area contributed by atoms with Crippen molar-refractivity contribution in [3.05, 3.63) is 35.2 Å². The highest BCUT2D eigenvalue weighted by Gasteiger charge is 2.21. The number of carbonyl (C=O) groups is 1. The molecule has 146 valence electrons. The Morgan fingerprint density at radius 3 is 2.67 bits per heavy atom. The maximum absolute atomic E-state index is 12.0. The Balaban J connectivity index is 1.39. The summed E-state index contributed by atoms with van der Waals surface area (Å²) in [4.78, 5) is 18.7. The van der Waals surface area contributed by atoms with Gasteiger partial charge in [-0.2, -0.15) is 4.98 Å². The Morgan fingerprint density at radius 1 is 1.26 bits per heavy atom. The largest absolute Gasteiger partial charge is 0.373 e. The predicted octanol–water partition coefficient (Wildman–Crippen LogP) is 2.55. The summed E-state index contributed by atoms with van der Waals surface area (Å²) in [6.45, 7) is 7.39. The molecule has 1 aromatic heterocycles. The van der Waals surface area contributed by atoms with Crippen LogP contribution >= 0.6 is 11.6 Å². The highest BCUT2D eigenvalue weighted by molar-refractivity contribution is 6.30. The van der Waals surface area contributed by atoms with Gasteiger partial charge in [0, 0.05) is 49.6 Å². The molecule has 2 heterocycles. The second-order valence-electron chi connectivity index (χ2n) is 6.89. The molecule has 0 unspecified atom stereocenters. The third-order valence-corrected chi connectivity index (χ3v) is 4.63. The van der Waals surface area contributed by atoms with Gasteiger partial charge < -0.3 is 14.6 Å². The van der Waals surface area contributed by atoms with E-state index < -0.39 is 0 Å². The van der Waals surface area contributed by atoms with Crippen LogP contribution in [0.4, 0.5) is 0 Å². The molecule has 8 heteroatoms. The molecule has 1 amide bonds. The van der Waals surface area contributed by atoms with Gasteiger partial charge in [-0.15, -0.1) is 0 Å². The molecule has 1 aromatic carbocycles. The van der Waals surface area contributed by atoms with Crippen molar-refractivity contribution in [3.8, 4) is 11.4 Å². The van der Waals surface area contributed by atoms with E-state index in [-0.39, 0.29) is 18.1 Å². The summed E-state index contributed by atoms with van der Waals surface area (Å²) in [6, 6.07) is 7.21. The molecule has 0 saturated carbocycles. The first kappa shape index (κ1) is 19.8. The minimum absolute atomic E-state index is 0.0180. The zero-order valence-corrected chi connectivity index (χ0v) is 16.4. The summed E-state index contributed by atoms with van der Waals surface area (Å²) >= 11 is 5.88. The number of nitrogens with zero attached hydrogens (tertiary/aromatic N) is 3. The molecule has 0 spiro atoms. The number of amides is 1. The molecular formula is C19H25ClN4O3. The molecule has 1 N–H and O–H groups in total. The van der Waals surface area contributed by atoms with E-state index in [1.165, 1.54) is 0 Å². The van der Waals surface area contributed by atoms with E-state index in [4.69, 9.17) is 20.9 Å². The second-order valence-corrected chi connectivity index (χ2v) is 7.32. The number of rotatable bonds is 7. The van der Waals surface area contributed by atoms with Gasteiger partial charge >= 0.3 is 0 Å². The van der Waals surface area contributed by atoms with Crippen LogP contribution in [0.3, 0.4) is 0 Å². The van der Waals surface area contributed by atoms with Crippen molar-refractivity contribution in [2.75, 3.05) is 26.2 Å². The van der Waals surface area contributed by atoms with E-state index in [0.717, 1.165) is 25.2 Å². The van der Waals surface area contributed by atoms with Crippen LogP contribution in [-0.4, -0.2) is 59.3 Å². The van der Waals surface area contributed by atoms with Crippen molar-refractivity contribution in [1.29, 1.82) is 0 Å². The lowest BCUT2D eigenvalue weighted by Gasteiger charge is -2.35. The highest BCUT2D eigenvalue weighted by atomic mass is 35.5. The third-order valence-electron chi connectivity index (χ3n) is 4.38. The fourth-order valence-electron chi connectivity index (χ4n) is 3.20. The molecule has 7 nitrogen and oxygen atoms in total. The van der Waals surface area contributed by atoms with Crippen LogP contribution in [0.15, 0.2) is 28.8 Å². The normalized spacial score (nSPS) is 20.6. The summed E-state index contributed by atoms with van der Waals surface area (Å²) in [5, 5.41) is 7.55. The summed E-state index contributed by atoms with van der Waals surface area (Å²) < 4.78 is 10.9. The van der Waals surface area contributed by atoms with Crippen molar-refractivity contribution >= 4 is 17.5 Å². The van der Waals surface area contributed by atoms with Crippen LogP contribution in [0.2, 0.25) is 5.02 Å². The molecule has 1 aliphatic rings. The molecule has 2 atom stereocenters. The SMILES string of the molecule is C[C@@H]1CN(CCNC(=O)CCc2nc(-c3ccc(Cl)cc3)no2)C[C@@H](C)O1. The Kier molecular flexibility index (Phi) is 6.82. The Bertz CT molecular complexity index is 740. The molecule has 27 heavy (non-hydrogen) atoms. The van der Waals surface area contributed by atoms with E-state index in [0.29, 0.717) is 36.1 Å². The maximum Gasteiger partial charge on any atom is 0.227 e. The predicted molar refractivity (Wildman–Crippen MR) is 103 cm³/mol. The minimum Gasteiger partial charge on any atom is -0.373 e. The average molecular weight is 393 g/mol. The topological polar surface area (TPSA) is 80.5 Å². The number of morpholine rings is 1. The Labute approximate surface area is 164 Å². The van der Waals surface area contributed by atoms with Gasteiger partial charge in [0.25, 0.3) is 0 Å². The van der Waals surface area contributed by atoms with Gasteiger partial charge in [0.2, 0.25) is 17.6 Å². The van der Waals surface area contributed by atoms with Gasteiger partial charge in [-0.25, -0.2) is 0 Å². The smallest absolute Gasteiger partial charge is 0.227 e. The number of hydrogen-bond donors (Lipinski definition) is 1. The molecule has 3 rings (SSSR count). The first-order valence-electron chi connectivity index (χ1n) is 9.22. The molecule has 1 aliphatic heterocycles. The number of nitrogens with one attached hydrogen (secondary N) is 1. The molecule has 0 radical (unpaired) electrons. The summed E-state index contributed by atoms with van der Waals surface area (Å²) in [5.74, 6) is 0.930. The van der Waals surface area contributed by atoms with Crippen LogP contribution in [0, 0.1) is 0 Å². The van der Waals surface area contributed by atoms with E-state index in [1.54, 1.807) is 12.1 Å². The summed E-state index contributed by atoms with van der Waals surface area (Å²) in [7, 11) is 0. The van der Waals surface area contributed by atoms with Crippen molar-refractivity contribution in [2.45, 2.75) is 38.9 Å². The zero-order valence-electron chi connectivity index (χ0n) is 15.7. The quantitative estimate of drug-likeness (QED) is 0.779. The van der Waals surface area contributed by atoms with Gasteiger partial charge in [0.1, 0.15) is 0 Å². The maximum atomic E-state index is 12.0. The molecule has 1 saturated heterocycles. The molecule has 2 aromatic rings. The van der Waals surface area contributed by atoms with E-state index in [1.807, 2.05) is 12.1 Å². The number of benzene rings is 1. The Morgan fingerprint density at radius 2 is 1.96 bits per heavy atom. The molecule has 0 aliphatic carbocycles. The van der Waals surface area contributed by atoms with Gasteiger partial charge in [-0.3, -0.25) is 9.69 Å². The van der Waals surface area contributed by atoms with Crippen molar-refractivity contribution in [3.63, 3.8) is 0 Å². The first-order chi connectivity index (χ1) is 13.0. The molecule has 1 fully saturated rings. The first-order valence-corrected chi connectivity index (χ1v) is 9.60. The van der Waals surface area contributed by atoms with Crippen LogP contribution in [0.25, 0.3) is 11.4 Å². The van der Waals surface area contributed by atoms with Gasteiger partial charge in [-0.1, -0.05) is 16.8 Å². The van der Waals surface area contributed by atoms with E-state index in [2.05, 4.69) is 34.2 Å². The van der Waals surface area contributed by atoms with E-state index in [9.17, 15) is 4.79 Å². The summed E-state index contributed by atoms with van der Waals surface area (Å²) in [5.41, 5.74) is 0.827. The number of carbonyl (C=O) groups excluding carboxylic acids is 1. The number of aromatic nitrogens is 2. The average Bonchev–Trinajstić information content (AvgIpc) is 3.09. The highest BCUT2D eigenvalue weighted by Crippen LogP contribution is 2.19. The zero-order chi connectivity index (χ0) is 19.2.